The van der Waals surface area contributed by atoms with E-state index in [9.17, 15) is 4.39 Å². The average Bonchev–Trinajstić information content (AvgIpc) is 2.41. The van der Waals surface area contributed by atoms with E-state index < -0.39 is 5.67 Å². The van der Waals surface area contributed by atoms with Gasteiger partial charge in [0.05, 0.1) is 0 Å². The molecule has 0 aromatic carbocycles. The van der Waals surface area contributed by atoms with Gasteiger partial charge in [0.25, 0.3) is 0 Å². The van der Waals surface area contributed by atoms with E-state index in [1.807, 2.05) is 20.0 Å². The normalized spacial score (nSPS) is 19.3. The minimum Gasteiger partial charge on any atom is -0.389 e. The molecule has 3 unspecified atom stereocenters. The second-order valence-corrected chi connectivity index (χ2v) is 6.70. The fourth-order valence-electron chi connectivity index (χ4n) is 3.25. The summed E-state index contributed by atoms with van der Waals surface area (Å²) in [5, 5.41) is 3.09. The molecule has 21 heavy (non-hydrogen) atoms. The van der Waals surface area contributed by atoms with Gasteiger partial charge in [0.15, 0.2) is 0 Å². The van der Waals surface area contributed by atoms with E-state index in [2.05, 4.69) is 46.0 Å². The molecule has 0 amide bonds. The molecular weight excluding hydrogens is 261 g/mol. The summed E-state index contributed by atoms with van der Waals surface area (Å²) in [6, 6.07) is 0. The molecule has 124 valence electrons. The summed E-state index contributed by atoms with van der Waals surface area (Å²) in [5.41, 5.74) is 0.671. The van der Waals surface area contributed by atoms with E-state index in [1.165, 1.54) is 5.57 Å². The van der Waals surface area contributed by atoms with Crippen molar-refractivity contribution in [3.63, 3.8) is 0 Å². The first-order valence-corrected chi connectivity index (χ1v) is 8.50. The Morgan fingerprint density at radius 1 is 1.24 bits per heavy atom. The second-order valence-electron chi connectivity index (χ2n) is 6.70. The van der Waals surface area contributed by atoms with E-state index in [0.29, 0.717) is 29.9 Å². The van der Waals surface area contributed by atoms with Crippen LogP contribution in [0.3, 0.4) is 0 Å². The lowest BCUT2D eigenvalue weighted by atomic mass is 9.76. The summed E-state index contributed by atoms with van der Waals surface area (Å²) in [4.78, 5) is 0. The summed E-state index contributed by atoms with van der Waals surface area (Å²) >= 11 is 0. The van der Waals surface area contributed by atoms with Crippen LogP contribution in [-0.4, -0.2) is 12.7 Å². The van der Waals surface area contributed by atoms with Crippen LogP contribution < -0.4 is 5.32 Å². The number of hydrogen-bond acceptors (Lipinski definition) is 1. The van der Waals surface area contributed by atoms with E-state index in [1.54, 1.807) is 6.92 Å². The molecule has 1 nitrogen and oxygen atoms in total. The maximum absolute atomic E-state index is 14.8. The van der Waals surface area contributed by atoms with E-state index in [4.69, 9.17) is 0 Å². The molecular formula is C19H36FN. The van der Waals surface area contributed by atoms with Crippen molar-refractivity contribution in [2.45, 2.75) is 73.4 Å². The number of halogens is 1. The first-order valence-electron chi connectivity index (χ1n) is 8.50. The first-order chi connectivity index (χ1) is 9.74. The summed E-state index contributed by atoms with van der Waals surface area (Å²) in [6.45, 7) is 14.8. The van der Waals surface area contributed by atoms with Crippen molar-refractivity contribution in [1.82, 2.24) is 5.32 Å². The van der Waals surface area contributed by atoms with Crippen molar-refractivity contribution >= 4 is 0 Å². The van der Waals surface area contributed by atoms with Gasteiger partial charge in [-0.3, -0.25) is 0 Å². The van der Waals surface area contributed by atoms with Crippen molar-refractivity contribution in [2.24, 2.45) is 17.8 Å². The molecule has 0 bridgehead atoms. The zero-order valence-electron chi connectivity index (χ0n) is 15.4. The number of alkyl halides is 1. The van der Waals surface area contributed by atoms with Gasteiger partial charge >= 0.3 is 0 Å². The summed E-state index contributed by atoms with van der Waals surface area (Å²) in [5.74, 6) is 1.63. The van der Waals surface area contributed by atoms with Crippen LogP contribution in [0.25, 0.3) is 0 Å². The fraction of sp³-hybridized carbons (Fsp3) is 0.789. The molecule has 0 saturated carbocycles. The molecule has 0 fully saturated rings. The predicted molar refractivity (Wildman–Crippen MR) is 93.1 cm³/mol. The highest BCUT2D eigenvalue weighted by Crippen LogP contribution is 2.34. The van der Waals surface area contributed by atoms with Crippen molar-refractivity contribution in [3.8, 4) is 0 Å². The Labute approximate surface area is 132 Å². The maximum atomic E-state index is 14.8. The monoisotopic (exact) mass is 297 g/mol. The Bertz CT molecular complexity index is 353. The highest BCUT2D eigenvalue weighted by Gasteiger charge is 2.29. The van der Waals surface area contributed by atoms with Crippen LogP contribution in [0.5, 0.6) is 0 Å². The Morgan fingerprint density at radius 2 is 1.81 bits per heavy atom. The highest BCUT2D eigenvalue weighted by atomic mass is 19.1. The van der Waals surface area contributed by atoms with Gasteiger partial charge in [-0.05, 0) is 49.7 Å². The van der Waals surface area contributed by atoms with Gasteiger partial charge in [-0.1, -0.05) is 53.5 Å². The van der Waals surface area contributed by atoms with Crippen LogP contribution in [0, 0.1) is 17.8 Å². The quantitative estimate of drug-likeness (QED) is 0.524. The van der Waals surface area contributed by atoms with E-state index in [-0.39, 0.29) is 0 Å². The highest BCUT2D eigenvalue weighted by molar-refractivity contribution is 5.30. The van der Waals surface area contributed by atoms with Crippen molar-refractivity contribution in [1.29, 1.82) is 0 Å². The van der Waals surface area contributed by atoms with Gasteiger partial charge < -0.3 is 5.32 Å². The van der Waals surface area contributed by atoms with Crippen molar-refractivity contribution in [3.05, 3.63) is 23.4 Å². The van der Waals surface area contributed by atoms with Crippen LogP contribution >= 0.6 is 0 Å². The summed E-state index contributed by atoms with van der Waals surface area (Å²) in [7, 11) is 1.82. The lowest BCUT2D eigenvalue weighted by molar-refractivity contribution is 0.211. The zero-order valence-corrected chi connectivity index (χ0v) is 15.4. The van der Waals surface area contributed by atoms with Gasteiger partial charge in [-0.25, -0.2) is 4.39 Å². The molecule has 0 rings (SSSR count). The van der Waals surface area contributed by atoms with Crippen LogP contribution in [0.4, 0.5) is 4.39 Å². The standard InChI is InChI=1S/C19H36FN/c1-9-12-19(7,20)17(21-8)13-16(11-3)18(14(4)5)15(6)10-2/h11,13-15,18,21H,9-10,12H2,1-8H3/b16-11-,17-13-. The lowest BCUT2D eigenvalue weighted by Gasteiger charge is -2.30. The first kappa shape index (κ1) is 20.2. The zero-order chi connectivity index (χ0) is 16.6. The van der Waals surface area contributed by atoms with Gasteiger partial charge in [-0.2, -0.15) is 0 Å². The molecule has 1 N–H and O–H groups in total. The van der Waals surface area contributed by atoms with Crippen LogP contribution in [-0.2, 0) is 0 Å². The van der Waals surface area contributed by atoms with Gasteiger partial charge in [0.1, 0.15) is 5.67 Å². The number of allylic oxidation sites excluding steroid dienone is 4. The molecule has 2 heteroatoms. The number of rotatable bonds is 9. The molecule has 0 aliphatic rings. The molecule has 0 radical (unpaired) electrons. The fourth-order valence-corrected chi connectivity index (χ4v) is 3.25. The lowest BCUT2D eigenvalue weighted by Crippen LogP contribution is -2.30. The Kier molecular flexibility index (Phi) is 8.92. The van der Waals surface area contributed by atoms with Gasteiger partial charge in [0, 0.05) is 12.7 Å². The van der Waals surface area contributed by atoms with Crippen molar-refractivity contribution in [2.75, 3.05) is 7.05 Å². The molecule has 0 aromatic heterocycles. The molecule has 0 aliphatic heterocycles. The van der Waals surface area contributed by atoms with Crippen LogP contribution in [0.15, 0.2) is 23.4 Å². The second kappa shape index (κ2) is 9.27. The van der Waals surface area contributed by atoms with Crippen molar-refractivity contribution < 1.29 is 4.39 Å². The number of nitrogens with one attached hydrogen (secondary N) is 1. The Balaban J connectivity index is 5.56. The minimum atomic E-state index is -1.28. The van der Waals surface area contributed by atoms with Gasteiger partial charge in [0.2, 0.25) is 0 Å². The Hall–Kier alpha value is -0.790. The van der Waals surface area contributed by atoms with E-state index >= 15 is 0 Å². The third-order valence-electron chi connectivity index (χ3n) is 4.55. The molecule has 0 heterocycles. The molecule has 0 aromatic rings. The molecule has 0 aliphatic carbocycles. The molecule has 3 atom stereocenters. The van der Waals surface area contributed by atoms with Crippen LogP contribution in [0.2, 0.25) is 0 Å². The Morgan fingerprint density at radius 3 is 2.14 bits per heavy atom. The van der Waals surface area contributed by atoms with Gasteiger partial charge in [-0.15, -0.1) is 0 Å². The smallest absolute Gasteiger partial charge is 0.147 e. The predicted octanol–water partition coefficient (Wildman–Crippen LogP) is 5.88. The minimum absolute atomic E-state index is 0.473. The van der Waals surface area contributed by atoms with Crippen LogP contribution in [0.1, 0.15) is 67.7 Å². The number of hydrogen-bond donors (Lipinski definition) is 1. The average molecular weight is 298 g/mol. The summed E-state index contributed by atoms with van der Waals surface area (Å²) < 4.78 is 14.8. The molecule has 0 spiro atoms. The molecule has 0 saturated heterocycles. The third kappa shape index (κ3) is 5.84. The maximum Gasteiger partial charge on any atom is 0.147 e. The largest absolute Gasteiger partial charge is 0.389 e. The third-order valence-corrected chi connectivity index (χ3v) is 4.55. The van der Waals surface area contributed by atoms with E-state index in [0.717, 1.165) is 12.8 Å². The topological polar surface area (TPSA) is 12.0 Å². The SMILES string of the molecule is C/C=C(/C=C(\NC)C(C)(F)CCC)C(C(C)C)C(C)CC. The summed E-state index contributed by atoms with van der Waals surface area (Å²) in [6.07, 6.45) is 6.73.